The summed E-state index contributed by atoms with van der Waals surface area (Å²) in [6.45, 7) is 10.5. The van der Waals surface area contributed by atoms with Gasteiger partial charge >= 0.3 is 11.9 Å². The van der Waals surface area contributed by atoms with Gasteiger partial charge in [0.1, 0.15) is 11.5 Å². The first-order chi connectivity index (χ1) is 12.1. The van der Waals surface area contributed by atoms with Gasteiger partial charge < -0.3 is 9.47 Å². The Kier molecular flexibility index (Phi) is 6.07. The van der Waals surface area contributed by atoms with Crippen molar-refractivity contribution in [1.82, 2.24) is 0 Å². The molecule has 0 bridgehead atoms. The summed E-state index contributed by atoms with van der Waals surface area (Å²) in [6.07, 6.45) is 4.61. The van der Waals surface area contributed by atoms with E-state index in [1.54, 1.807) is 30.3 Å². The molecule has 0 unspecified atom stereocenters. The van der Waals surface area contributed by atoms with E-state index in [2.05, 4.69) is 19.7 Å². The maximum absolute atomic E-state index is 11.3. The van der Waals surface area contributed by atoms with Gasteiger partial charge in [-0.05, 0) is 47.4 Å². The van der Waals surface area contributed by atoms with Gasteiger partial charge in [-0.25, -0.2) is 9.59 Å². The van der Waals surface area contributed by atoms with Crippen molar-refractivity contribution in [2.24, 2.45) is 0 Å². The Bertz CT molecular complexity index is 816. The summed E-state index contributed by atoms with van der Waals surface area (Å²) in [4.78, 5) is 22.6. The summed E-state index contributed by atoms with van der Waals surface area (Å²) in [5, 5.41) is 0. The molecule has 4 nitrogen and oxygen atoms in total. The lowest BCUT2D eigenvalue weighted by Gasteiger charge is -2.11. The van der Waals surface area contributed by atoms with Gasteiger partial charge in [0.25, 0.3) is 0 Å². The monoisotopic (exact) mass is 334 g/mol. The molecular weight excluding hydrogens is 316 g/mol. The SMILES string of the molecule is C=CCc1cc(OC(=O)C=C)ccc1-c1ccc(OC(=O)C=C)cc1. The zero-order valence-corrected chi connectivity index (χ0v) is 13.7. The third-order valence-corrected chi connectivity index (χ3v) is 3.38. The predicted molar refractivity (Wildman–Crippen MR) is 97.4 cm³/mol. The fourth-order valence-corrected chi connectivity index (χ4v) is 2.26. The van der Waals surface area contributed by atoms with Gasteiger partial charge in [-0.15, -0.1) is 6.58 Å². The molecule has 0 atom stereocenters. The van der Waals surface area contributed by atoms with E-state index >= 15 is 0 Å². The molecule has 2 aromatic carbocycles. The molecule has 2 aromatic rings. The van der Waals surface area contributed by atoms with Gasteiger partial charge in [0.2, 0.25) is 0 Å². The second-order valence-electron chi connectivity index (χ2n) is 5.09. The zero-order chi connectivity index (χ0) is 18.2. The van der Waals surface area contributed by atoms with E-state index in [0.29, 0.717) is 17.9 Å². The maximum Gasteiger partial charge on any atom is 0.335 e. The van der Waals surface area contributed by atoms with Crippen molar-refractivity contribution in [3.05, 3.63) is 86.0 Å². The number of ether oxygens (including phenoxy) is 2. The Morgan fingerprint density at radius 1 is 0.840 bits per heavy atom. The van der Waals surface area contributed by atoms with Crippen molar-refractivity contribution < 1.29 is 19.1 Å². The average Bonchev–Trinajstić information content (AvgIpc) is 2.63. The van der Waals surface area contributed by atoms with Gasteiger partial charge in [0.05, 0.1) is 0 Å². The molecule has 25 heavy (non-hydrogen) atoms. The molecule has 0 amide bonds. The summed E-state index contributed by atoms with van der Waals surface area (Å²) < 4.78 is 10.2. The van der Waals surface area contributed by atoms with Crippen molar-refractivity contribution in [1.29, 1.82) is 0 Å². The van der Waals surface area contributed by atoms with Crippen LogP contribution in [0.1, 0.15) is 5.56 Å². The molecule has 0 N–H and O–H groups in total. The molecule has 0 radical (unpaired) electrons. The number of esters is 2. The van der Waals surface area contributed by atoms with E-state index in [9.17, 15) is 9.59 Å². The van der Waals surface area contributed by atoms with E-state index in [1.165, 1.54) is 0 Å². The van der Waals surface area contributed by atoms with Gasteiger partial charge in [-0.1, -0.05) is 37.4 Å². The molecule has 126 valence electrons. The molecule has 0 saturated carbocycles. The molecule has 2 rings (SSSR count). The highest BCUT2D eigenvalue weighted by Crippen LogP contribution is 2.29. The molecule has 0 fully saturated rings. The van der Waals surface area contributed by atoms with Gasteiger partial charge in [-0.3, -0.25) is 0 Å². The lowest BCUT2D eigenvalue weighted by atomic mass is 9.97. The molecule has 0 aromatic heterocycles. The highest BCUT2D eigenvalue weighted by Gasteiger charge is 2.09. The minimum atomic E-state index is -0.509. The van der Waals surface area contributed by atoms with Crippen molar-refractivity contribution >= 4 is 11.9 Å². The topological polar surface area (TPSA) is 52.6 Å². The van der Waals surface area contributed by atoms with Crippen LogP contribution in [0, 0.1) is 0 Å². The van der Waals surface area contributed by atoms with Gasteiger partial charge in [0.15, 0.2) is 0 Å². The maximum atomic E-state index is 11.3. The van der Waals surface area contributed by atoms with Crippen LogP contribution in [0.5, 0.6) is 11.5 Å². The minimum Gasteiger partial charge on any atom is -0.423 e. The number of benzene rings is 2. The Morgan fingerprint density at radius 3 is 1.96 bits per heavy atom. The number of rotatable bonds is 7. The molecule has 0 saturated heterocycles. The highest BCUT2D eigenvalue weighted by molar-refractivity contribution is 5.84. The smallest absolute Gasteiger partial charge is 0.335 e. The second kappa shape index (κ2) is 8.45. The number of carbonyl (C=O) groups excluding carboxylic acids is 2. The average molecular weight is 334 g/mol. The van der Waals surface area contributed by atoms with Crippen LogP contribution >= 0.6 is 0 Å². The number of hydrogen-bond acceptors (Lipinski definition) is 4. The number of hydrogen-bond donors (Lipinski definition) is 0. The fourth-order valence-electron chi connectivity index (χ4n) is 2.26. The normalized spacial score (nSPS) is 9.76. The molecular formula is C21H18O4. The molecule has 0 aliphatic carbocycles. The molecule has 0 aliphatic rings. The van der Waals surface area contributed by atoms with Crippen LogP contribution < -0.4 is 9.47 Å². The van der Waals surface area contributed by atoms with Crippen LogP contribution in [0.4, 0.5) is 0 Å². The van der Waals surface area contributed by atoms with E-state index in [-0.39, 0.29) is 0 Å². The molecule has 0 aliphatic heterocycles. The summed E-state index contributed by atoms with van der Waals surface area (Å²) >= 11 is 0. The van der Waals surface area contributed by atoms with Crippen LogP contribution in [0.15, 0.2) is 80.4 Å². The second-order valence-corrected chi connectivity index (χ2v) is 5.09. The van der Waals surface area contributed by atoms with Crippen molar-refractivity contribution in [2.75, 3.05) is 0 Å². The van der Waals surface area contributed by atoms with E-state index < -0.39 is 11.9 Å². The first-order valence-corrected chi connectivity index (χ1v) is 7.60. The van der Waals surface area contributed by atoms with E-state index in [0.717, 1.165) is 28.8 Å². The summed E-state index contributed by atoms with van der Waals surface area (Å²) in [5.74, 6) is -0.128. The Labute approximate surface area is 146 Å². The van der Waals surface area contributed by atoms with Gasteiger partial charge in [0, 0.05) is 12.2 Å². The van der Waals surface area contributed by atoms with Crippen molar-refractivity contribution in [3.63, 3.8) is 0 Å². The summed E-state index contributed by atoms with van der Waals surface area (Å²) in [6, 6.07) is 12.5. The third kappa shape index (κ3) is 4.78. The predicted octanol–water partition coefficient (Wildman–Crippen LogP) is 4.26. The quantitative estimate of drug-likeness (QED) is 0.328. The lowest BCUT2D eigenvalue weighted by Crippen LogP contribution is -2.04. The largest absolute Gasteiger partial charge is 0.423 e. The van der Waals surface area contributed by atoms with Crippen LogP contribution in [0.25, 0.3) is 11.1 Å². The van der Waals surface area contributed by atoms with Crippen LogP contribution in [0.3, 0.4) is 0 Å². The molecule has 0 spiro atoms. The summed E-state index contributed by atoms with van der Waals surface area (Å²) in [7, 11) is 0. The highest BCUT2D eigenvalue weighted by atomic mass is 16.5. The minimum absolute atomic E-state index is 0.440. The Morgan fingerprint density at radius 2 is 1.40 bits per heavy atom. The molecule has 0 heterocycles. The van der Waals surface area contributed by atoms with E-state index in [1.807, 2.05) is 18.2 Å². The standard InChI is InChI=1S/C21H18O4/c1-4-7-16-14-18(25-21(23)6-3)12-13-19(16)15-8-10-17(11-9-15)24-20(22)5-2/h4-6,8-14H,1-3,7H2. The fraction of sp³-hybridized carbons (Fsp3) is 0.0476. The Balaban J connectivity index is 2.32. The van der Waals surface area contributed by atoms with Crippen molar-refractivity contribution in [2.45, 2.75) is 6.42 Å². The van der Waals surface area contributed by atoms with Crippen LogP contribution in [-0.4, -0.2) is 11.9 Å². The molecule has 4 heteroatoms. The van der Waals surface area contributed by atoms with Crippen LogP contribution in [0.2, 0.25) is 0 Å². The number of carbonyl (C=O) groups is 2. The van der Waals surface area contributed by atoms with Gasteiger partial charge in [-0.2, -0.15) is 0 Å². The first kappa shape index (κ1) is 17.9. The summed E-state index contributed by atoms with van der Waals surface area (Å²) in [5.41, 5.74) is 2.87. The Hall–Kier alpha value is -3.40. The van der Waals surface area contributed by atoms with Crippen molar-refractivity contribution in [3.8, 4) is 22.6 Å². The van der Waals surface area contributed by atoms with Crippen LogP contribution in [-0.2, 0) is 16.0 Å². The number of allylic oxidation sites excluding steroid dienone is 1. The lowest BCUT2D eigenvalue weighted by molar-refractivity contribution is -0.129. The third-order valence-electron chi connectivity index (χ3n) is 3.38. The zero-order valence-electron chi connectivity index (χ0n) is 13.7. The first-order valence-electron chi connectivity index (χ1n) is 7.60. The van der Waals surface area contributed by atoms with E-state index in [4.69, 9.17) is 9.47 Å².